The highest BCUT2D eigenvalue weighted by atomic mass is 28.4. The predicted molar refractivity (Wildman–Crippen MR) is 53.1 cm³/mol. The van der Waals surface area contributed by atoms with Gasteiger partial charge in [0.25, 0.3) is 0 Å². The van der Waals surface area contributed by atoms with Crippen molar-refractivity contribution < 1.29 is 4.43 Å². The van der Waals surface area contributed by atoms with Crippen molar-refractivity contribution in [1.82, 2.24) is 0 Å². The van der Waals surface area contributed by atoms with Crippen molar-refractivity contribution in [2.75, 3.05) is 6.61 Å². The van der Waals surface area contributed by atoms with Gasteiger partial charge in [0.2, 0.25) is 0 Å². The zero-order valence-electron chi connectivity index (χ0n) is 8.15. The fourth-order valence-corrected chi connectivity index (χ4v) is 1.59. The van der Waals surface area contributed by atoms with Crippen molar-refractivity contribution in [3.8, 4) is 0 Å². The maximum Gasteiger partial charge on any atom is 0.183 e. The molecule has 0 saturated carbocycles. The van der Waals surface area contributed by atoms with Crippen LogP contribution in [0.15, 0.2) is 0 Å². The third-order valence-electron chi connectivity index (χ3n) is 1.43. The van der Waals surface area contributed by atoms with E-state index in [-0.39, 0.29) is 0 Å². The Kier molecular flexibility index (Phi) is 5.87. The van der Waals surface area contributed by atoms with E-state index in [9.17, 15) is 0 Å². The molecule has 0 aliphatic carbocycles. The molecule has 0 heterocycles. The van der Waals surface area contributed by atoms with Crippen LogP contribution in [0.25, 0.3) is 0 Å². The molecule has 0 bridgehead atoms. The van der Waals surface area contributed by atoms with E-state index in [1.54, 1.807) is 0 Å². The molecule has 2 heteroatoms. The summed E-state index contributed by atoms with van der Waals surface area (Å²) in [5.41, 5.74) is 0. The lowest BCUT2D eigenvalue weighted by Crippen LogP contribution is -2.25. The summed E-state index contributed by atoms with van der Waals surface area (Å²) in [6.07, 6.45) is 4.79. The van der Waals surface area contributed by atoms with Gasteiger partial charge < -0.3 is 4.43 Å². The Hall–Kier alpha value is 0.177. The largest absolute Gasteiger partial charge is 0.418 e. The molecule has 11 heavy (non-hydrogen) atoms. The lowest BCUT2D eigenvalue weighted by molar-refractivity contribution is 0.299. The van der Waals surface area contributed by atoms with E-state index in [1.807, 2.05) is 0 Å². The standard InChI is InChI=1S/C9H21OSi/c1-5-6-7-8-9-10-11(2,3)4/h1,5-9H2,2-4H3. The number of hydrogen-bond donors (Lipinski definition) is 0. The average molecular weight is 173 g/mol. The topological polar surface area (TPSA) is 9.23 Å². The zero-order valence-corrected chi connectivity index (χ0v) is 9.15. The minimum Gasteiger partial charge on any atom is -0.418 e. The van der Waals surface area contributed by atoms with Crippen LogP contribution in [0.3, 0.4) is 0 Å². The third-order valence-corrected chi connectivity index (χ3v) is 2.50. The minimum absolute atomic E-state index is 0.954. The van der Waals surface area contributed by atoms with Gasteiger partial charge in [-0.3, -0.25) is 0 Å². The summed E-state index contributed by atoms with van der Waals surface area (Å²) in [6, 6.07) is 0. The second kappa shape index (κ2) is 5.78. The molecular formula is C9H21OSi. The molecule has 1 radical (unpaired) electrons. The zero-order chi connectivity index (χ0) is 8.74. The first kappa shape index (κ1) is 11.2. The lowest BCUT2D eigenvalue weighted by Gasteiger charge is -2.16. The molecule has 0 saturated heterocycles. The van der Waals surface area contributed by atoms with E-state index >= 15 is 0 Å². The van der Waals surface area contributed by atoms with Gasteiger partial charge in [0.1, 0.15) is 0 Å². The van der Waals surface area contributed by atoms with Gasteiger partial charge in [-0.1, -0.05) is 26.2 Å². The van der Waals surface area contributed by atoms with Gasteiger partial charge in [-0.05, 0) is 26.1 Å². The highest BCUT2D eigenvalue weighted by Gasteiger charge is 2.12. The molecular weight excluding hydrogens is 152 g/mol. The second-order valence-corrected chi connectivity index (χ2v) is 8.39. The molecule has 0 aliphatic rings. The first-order chi connectivity index (χ1) is 5.06. The third kappa shape index (κ3) is 10.2. The molecule has 0 amide bonds. The molecule has 0 atom stereocenters. The van der Waals surface area contributed by atoms with Gasteiger partial charge in [-0.25, -0.2) is 0 Å². The SMILES string of the molecule is [CH2]CCCCCO[Si](C)(C)C. The molecule has 0 fully saturated rings. The normalized spacial score (nSPS) is 12.0. The van der Waals surface area contributed by atoms with Crippen LogP contribution in [0.4, 0.5) is 0 Å². The molecule has 0 unspecified atom stereocenters. The van der Waals surface area contributed by atoms with Crippen LogP contribution in [0.5, 0.6) is 0 Å². The first-order valence-corrected chi connectivity index (χ1v) is 7.90. The van der Waals surface area contributed by atoms with Crippen LogP contribution < -0.4 is 0 Å². The number of unbranched alkanes of at least 4 members (excludes halogenated alkanes) is 3. The van der Waals surface area contributed by atoms with Crippen molar-refractivity contribution in [3.05, 3.63) is 6.92 Å². The van der Waals surface area contributed by atoms with Crippen molar-refractivity contribution in [3.63, 3.8) is 0 Å². The van der Waals surface area contributed by atoms with E-state index in [1.165, 1.54) is 19.3 Å². The van der Waals surface area contributed by atoms with Crippen molar-refractivity contribution >= 4 is 8.32 Å². The summed E-state index contributed by atoms with van der Waals surface area (Å²) in [6.45, 7) is 11.4. The minimum atomic E-state index is -1.23. The maximum atomic E-state index is 5.69. The molecule has 0 aliphatic heterocycles. The fraction of sp³-hybridized carbons (Fsp3) is 0.889. The molecule has 0 rings (SSSR count). The Bertz CT molecular complexity index is 86.1. The molecule has 67 valence electrons. The van der Waals surface area contributed by atoms with Crippen LogP contribution in [0, 0.1) is 6.92 Å². The lowest BCUT2D eigenvalue weighted by atomic mass is 10.2. The molecule has 0 aromatic carbocycles. The number of rotatable bonds is 6. The van der Waals surface area contributed by atoms with Gasteiger partial charge in [-0.2, -0.15) is 0 Å². The Balaban J connectivity index is 3.02. The van der Waals surface area contributed by atoms with Crippen molar-refractivity contribution in [2.24, 2.45) is 0 Å². The first-order valence-electron chi connectivity index (χ1n) is 4.49. The van der Waals surface area contributed by atoms with E-state index < -0.39 is 8.32 Å². The van der Waals surface area contributed by atoms with Crippen LogP contribution in [-0.2, 0) is 4.43 Å². The molecule has 0 N–H and O–H groups in total. The summed E-state index contributed by atoms with van der Waals surface area (Å²) in [5, 5.41) is 0. The monoisotopic (exact) mass is 173 g/mol. The smallest absolute Gasteiger partial charge is 0.183 e. The van der Waals surface area contributed by atoms with E-state index in [2.05, 4.69) is 26.6 Å². The van der Waals surface area contributed by atoms with Gasteiger partial charge in [0.05, 0.1) is 0 Å². The van der Waals surface area contributed by atoms with Gasteiger partial charge in [-0.15, -0.1) is 0 Å². The van der Waals surface area contributed by atoms with Crippen LogP contribution in [0.1, 0.15) is 25.7 Å². The maximum absolute atomic E-state index is 5.69. The quantitative estimate of drug-likeness (QED) is 0.442. The summed E-state index contributed by atoms with van der Waals surface area (Å²) in [5.74, 6) is 0. The van der Waals surface area contributed by atoms with E-state index in [4.69, 9.17) is 4.43 Å². The predicted octanol–water partition coefficient (Wildman–Crippen LogP) is 3.23. The van der Waals surface area contributed by atoms with Crippen molar-refractivity contribution in [1.29, 1.82) is 0 Å². The molecule has 1 nitrogen and oxygen atoms in total. The van der Waals surface area contributed by atoms with Gasteiger partial charge >= 0.3 is 0 Å². The Morgan fingerprint density at radius 3 is 2.18 bits per heavy atom. The second-order valence-electron chi connectivity index (χ2n) is 3.88. The Morgan fingerprint density at radius 1 is 1.09 bits per heavy atom. The fourth-order valence-electron chi connectivity index (χ4n) is 0.834. The molecule has 0 aromatic heterocycles. The van der Waals surface area contributed by atoms with Gasteiger partial charge in [0.15, 0.2) is 8.32 Å². The Morgan fingerprint density at radius 2 is 1.73 bits per heavy atom. The highest BCUT2D eigenvalue weighted by Crippen LogP contribution is 2.05. The van der Waals surface area contributed by atoms with Crippen molar-refractivity contribution in [2.45, 2.75) is 45.3 Å². The van der Waals surface area contributed by atoms with Gasteiger partial charge in [0, 0.05) is 6.61 Å². The Labute approximate surface area is 72.3 Å². The average Bonchev–Trinajstić information content (AvgIpc) is 1.85. The molecule has 0 spiro atoms. The summed E-state index contributed by atoms with van der Waals surface area (Å²) in [7, 11) is -1.23. The summed E-state index contributed by atoms with van der Waals surface area (Å²) in [4.78, 5) is 0. The molecule has 0 aromatic rings. The number of hydrogen-bond acceptors (Lipinski definition) is 1. The van der Waals surface area contributed by atoms with Crippen LogP contribution in [0.2, 0.25) is 19.6 Å². The van der Waals surface area contributed by atoms with E-state index in [0.717, 1.165) is 13.0 Å². The van der Waals surface area contributed by atoms with Crippen LogP contribution >= 0.6 is 0 Å². The van der Waals surface area contributed by atoms with Crippen LogP contribution in [-0.4, -0.2) is 14.9 Å². The highest BCUT2D eigenvalue weighted by molar-refractivity contribution is 6.69. The summed E-state index contributed by atoms with van der Waals surface area (Å²) < 4.78 is 5.69. The van der Waals surface area contributed by atoms with E-state index in [0.29, 0.717) is 0 Å². The summed E-state index contributed by atoms with van der Waals surface area (Å²) >= 11 is 0.